The highest BCUT2D eigenvalue weighted by Gasteiger charge is 2.23. The molecule has 1 aromatic rings. The lowest BCUT2D eigenvalue weighted by molar-refractivity contribution is -0.0266. The molecule has 1 N–H and O–H groups in total. The van der Waals surface area contributed by atoms with Gasteiger partial charge in [0.05, 0.1) is 29.6 Å². The fraction of sp³-hybridized carbons (Fsp3) is 0.750. The van der Waals surface area contributed by atoms with Crippen LogP contribution in [0.1, 0.15) is 25.6 Å². The number of ether oxygens (including phenoxy) is 1. The van der Waals surface area contributed by atoms with Gasteiger partial charge in [-0.25, -0.2) is 0 Å². The predicted molar refractivity (Wildman–Crippen MR) is 71.8 cm³/mol. The molecular formula is C12H22ClN3O2. The van der Waals surface area contributed by atoms with Gasteiger partial charge in [0.1, 0.15) is 6.10 Å². The van der Waals surface area contributed by atoms with E-state index in [2.05, 4.69) is 10.00 Å². The van der Waals surface area contributed by atoms with E-state index in [1.807, 2.05) is 27.9 Å². The molecule has 1 heterocycles. The number of aromatic nitrogens is 2. The molecule has 0 bridgehead atoms. The minimum absolute atomic E-state index is 0.303. The molecule has 0 saturated heterocycles. The second-order valence-corrected chi connectivity index (χ2v) is 4.92. The molecule has 1 aromatic heterocycles. The largest absolute Gasteiger partial charge is 0.384 e. The van der Waals surface area contributed by atoms with E-state index in [9.17, 15) is 5.11 Å². The van der Waals surface area contributed by atoms with E-state index in [0.717, 1.165) is 6.54 Å². The first-order chi connectivity index (χ1) is 8.47. The number of rotatable bonds is 7. The van der Waals surface area contributed by atoms with Crippen molar-refractivity contribution in [3.8, 4) is 0 Å². The first kappa shape index (κ1) is 15.4. The topological polar surface area (TPSA) is 50.5 Å². The summed E-state index contributed by atoms with van der Waals surface area (Å²) in [6, 6.07) is 0. The maximum atomic E-state index is 10.3. The first-order valence-corrected chi connectivity index (χ1v) is 6.50. The first-order valence-electron chi connectivity index (χ1n) is 6.13. The minimum Gasteiger partial charge on any atom is -0.384 e. The highest BCUT2D eigenvalue weighted by atomic mass is 35.5. The number of likely N-dealkylation sites (N-methyl/N-ethyl adjacent to an activating group) is 1. The van der Waals surface area contributed by atoms with E-state index in [1.54, 1.807) is 10.9 Å². The van der Waals surface area contributed by atoms with Crippen LogP contribution in [0.2, 0.25) is 5.02 Å². The molecule has 0 amide bonds. The summed E-state index contributed by atoms with van der Waals surface area (Å²) in [6.45, 7) is 5.80. The molecule has 5 nitrogen and oxygen atoms in total. The van der Waals surface area contributed by atoms with Gasteiger partial charge >= 0.3 is 0 Å². The van der Waals surface area contributed by atoms with Crippen LogP contribution in [0.15, 0.2) is 6.20 Å². The van der Waals surface area contributed by atoms with E-state index in [0.29, 0.717) is 23.9 Å². The fourth-order valence-electron chi connectivity index (χ4n) is 1.72. The molecule has 0 spiro atoms. The van der Waals surface area contributed by atoms with Crippen LogP contribution in [0.3, 0.4) is 0 Å². The van der Waals surface area contributed by atoms with Gasteiger partial charge in [0.15, 0.2) is 0 Å². The lowest BCUT2D eigenvalue weighted by Crippen LogP contribution is -2.25. The Balaban J connectivity index is 2.82. The quantitative estimate of drug-likeness (QED) is 0.820. The molecule has 18 heavy (non-hydrogen) atoms. The molecular weight excluding hydrogens is 254 g/mol. The van der Waals surface area contributed by atoms with Gasteiger partial charge in [-0.1, -0.05) is 11.6 Å². The molecule has 0 aliphatic heterocycles. The second-order valence-electron chi connectivity index (χ2n) is 4.51. The highest BCUT2D eigenvalue weighted by Crippen LogP contribution is 2.26. The van der Waals surface area contributed by atoms with E-state index in [4.69, 9.17) is 16.3 Å². The Labute approximate surface area is 113 Å². The number of hydrogen-bond acceptors (Lipinski definition) is 4. The lowest BCUT2D eigenvalue weighted by atomic mass is 10.1. The van der Waals surface area contributed by atoms with Crippen molar-refractivity contribution in [1.82, 2.24) is 14.7 Å². The van der Waals surface area contributed by atoms with Crippen LogP contribution >= 0.6 is 11.6 Å². The van der Waals surface area contributed by atoms with Gasteiger partial charge in [-0.15, -0.1) is 0 Å². The maximum absolute atomic E-state index is 10.3. The molecule has 2 unspecified atom stereocenters. The van der Waals surface area contributed by atoms with Crippen LogP contribution in [0.4, 0.5) is 0 Å². The van der Waals surface area contributed by atoms with Gasteiger partial charge in [-0.3, -0.25) is 4.68 Å². The third-order valence-electron chi connectivity index (χ3n) is 2.75. The SMILES string of the molecule is CCOC(C)C(O)c1c(Cl)cnn1CCN(C)C. The van der Waals surface area contributed by atoms with Gasteiger partial charge in [0, 0.05) is 13.2 Å². The Morgan fingerprint density at radius 1 is 1.56 bits per heavy atom. The summed E-state index contributed by atoms with van der Waals surface area (Å²) in [6.07, 6.45) is 0.499. The molecule has 104 valence electrons. The summed E-state index contributed by atoms with van der Waals surface area (Å²) in [5, 5.41) is 14.9. The fourth-order valence-corrected chi connectivity index (χ4v) is 1.97. The zero-order chi connectivity index (χ0) is 13.7. The lowest BCUT2D eigenvalue weighted by Gasteiger charge is -2.21. The van der Waals surface area contributed by atoms with E-state index < -0.39 is 6.10 Å². The summed E-state index contributed by atoms with van der Waals surface area (Å²) in [5.74, 6) is 0. The summed E-state index contributed by atoms with van der Waals surface area (Å²) in [4.78, 5) is 2.05. The number of aliphatic hydroxyl groups excluding tert-OH is 1. The predicted octanol–water partition coefficient (Wildman–Crippen LogP) is 1.56. The summed E-state index contributed by atoms with van der Waals surface area (Å²) < 4.78 is 7.14. The molecule has 0 saturated carbocycles. The van der Waals surface area contributed by atoms with Crippen LogP contribution < -0.4 is 0 Å². The summed E-state index contributed by atoms with van der Waals surface area (Å²) >= 11 is 6.09. The third kappa shape index (κ3) is 3.95. The Kier molecular flexibility index (Phi) is 6.08. The van der Waals surface area contributed by atoms with Gasteiger partial charge < -0.3 is 14.7 Å². The van der Waals surface area contributed by atoms with Crippen molar-refractivity contribution in [2.45, 2.75) is 32.6 Å². The van der Waals surface area contributed by atoms with Crippen LogP contribution in [0, 0.1) is 0 Å². The second kappa shape index (κ2) is 7.09. The van der Waals surface area contributed by atoms with E-state index in [1.165, 1.54) is 0 Å². The molecule has 0 aliphatic carbocycles. The molecule has 0 aliphatic rings. The number of hydrogen-bond donors (Lipinski definition) is 1. The molecule has 0 radical (unpaired) electrons. The van der Waals surface area contributed by atoms with Crippen molar-refractivity contribution < 1.29 is 9.84 Å². The van der Waals surface area contributed by atoms with E-state index >= 15 is 0 Å². The van der Waals surface area contributed by atoms with Gasteiger partial charge in [-0.2, -0.15) is 5.10 Å². The van der Waals surface area contributed by atoms with Crippen LogP contribution in [-0.4, -0.2) is 53.1 Å². The number of nitrogens with zero attached hydrogens (tertiary/aromatic N) is 3. The van der Waals surface area contributed by atoms with Gasteiger partial charge in [0.25, 0.3) is 0 Å². The molecule has 0 fully saturated rings. The average molecular weight is 276 g/mol. The van der Waals surface area contributed by atoms with Gasteiger partial charge in [-0.05, 0) is 27.9 Å². The Bertz CT molecular complexity index is 368. The molecule has 0 aromatic carbocycles. The molecule has 6 heteroatoms. The third-order valence-corrected chi connectivity index (χ3v) is 3.04. The molecule has 1 rings (SSSR count). The van der Waals surface area contributed by atoms with Crippen molar-refractivity contribution in [3.63, 3.8) is 0 Å². The normalized spacial score (nSPS) is 15.1. The summed E-state index contributed by atoms with van der Waals surface area (Å²) in [7, 11) is 3.98. The summed E-state index contributed by atoms with van der Waals surface area (Å²) in [5.41, 5.74) is 0.625. The Morgan fingerprint density at radius 2 is 2.22 bits per heavy atom. The van der Waals surface area contributed by atoms with Crippen molar-refractivity contribution in [2.75, 3.05) is 27.2 Å². The van der Waals surface area contributed by atoms with E-state index in [-0.39, 0.29) is 6.10 Å². The van der Waals surface area contributed by atoms with Crippen molar-refractivity contribution in [2.24, 2.45) is 0 Å². The minimum atomic E-state index is -0.762. The maximum Gasteiger partial charge on any atom is 0.123 e. The monoisotopic (exact) mass is 275 g/mol. The van der Waals surface area contributed by atoms with Gasteiger partial charge in [0.2, 0.25) is 0 Å². The van der Waals surface area contributed by atoms with Crippen LogP contribution in [-0.2, 0) is 11.3 Å². The Morgan fingerprint density at radius 3 is 2.78 bits per heavy atom. The highest BCUT2D eigenvalue weighted by molar-refractivity contribution is 6.31. The van der Waals surface area contributed by atoms with Crippen LogP contribution in [0.5, 0.6) is 0 Å². The van der Waals surface area contributed by atoms with Crippen molar-refractivity contribution in [3.05, 3.63) is 16.9 Å². The Hall–Kier alpha value is -0.620. The molecule has 2 atom stereocenters. The smallest absolute Gasteiger partial charge is 0.123 e. The standard InChI is InChI=1S/C12H22ClN3O2/c1-5-18-9(2)12(17)11-10(13)8-14-16(11)7-6-15(3)4/h8-9,12,17H,5-7H2,1-4H3. The van der Waals surface area contributed by atoms with Crippen LogP contribution in [0.25, 0.3) is 0 Å². The number of aliphatic hydroxyl groups is 1. The zero-order valence-corrected chi connectivity index (χ0v) is 12.2. The number of halogens is 1. The average Bonchev–Trinajstić information content (AvgIpc) is 2.67. The zero-order valence-electron chi connectivity index (χ0n) is 11.4. The van der Waals surface area contributed by atoms with Crippen molar-refractivity contribution in [1.29, 1.82) is 0 Å². The van der Waals surface area contributed by atoms with Crippen molar-refractivity contribution >= 4 is 11.6 Å².